The Balaban J connectivity index is 1.30. The number of anilines is 1. The Kier molecular flexibility index (Phi) is 7.19. The Morgan fingerprint density at radius 1 is 1.11 bits per heavy atom. The summed E-state index contributed by atoms with van der Waals surface area (Å²) in [6.45, 7) is 4.73. The highest BCUT2D eigenvalue weighted by molar-refractivity contribution is 6.00. The fourth-order valence-corrected chi connectivity index (χ4v) is 8.30. The van der Waals surface area contributed by atoms with Crippen molar-refractivity contribution in [2.45, 2.75) is 69.1 Å². The number of alkyl halides is 1. The van der Waals surface area contributed by atoms with E-state index in [2.05, 4.69) is 20.2 Å². The van der Waals surface area contributed by atoms with Crippen LogP contribution in [0.15, 0.2) is 42.6 Å². The van der Waals surface area contributed by atoms with Gasteiger partial charge in [-0.15, -0.1) is 0 Å². The van der Waals surface area contributed by atoms with E-state index in [9.17, 15) is 4.79 Å². The predicted molar refractivity (Wildman–Crippen MR) is 171 cm³/mol. The van der Waals surface area contributed by atoms with E-state index in [1.807, 2.05) is 36.4 Å². The van der Waals surface area contributed by atoms with Crippen molar-refractivity contribution < 1.29 is 23.0 Å². The maximum Gasteiger partial charge on any atom is 0.407 e. The Hall–Kier alpha value is -4.12. The molecule has 1 amide bonds. The third-order valence-electron chi connectivity index (χ3n) is 10.3. The van der Waals surface area contributed by atoms with Crippen LogP contribution in [-0.2, 0) is 11.2 Å². The van der Waals surface area contributed by atoms with Crippen LogP contribution in [-0.4, -0.2) is 82.6 Å². The van der Waals surface area contributed by atoms with Gasteiger partial charge in [0.1, 0.15) is 29.8 Å². The highest BCUT2D eigenvalue weighted by Crippen LogP contribution is 2.41. The number of piperidine rings is 1. The summed E-state index contributed by atoms with van der Waals surface area (Å²) in [5, 5.41) is 5.12. The van der Waals surface area contributed by atoms with Crippen molar-refractivity contribution in [2.24, 2.45) is 0 Å². The number of carbonyl (C=O) groups excluding carboxylic acids is 1. The molecule has 4 aromatic rings. The van der Waals surface area contributed by atoms with Gasteiger partial charge in [0.15, 0.2) is 5.82 Å². The van der Waals surface area contributed by atoms with E-state index in [4.69, 9.17) is 14.5 Å². The lowest BCUT2D eigenvalue weighted by Crippen LogP contribution is -2.60. The number of carbonyl (C=O) groups is 1. The first-order chi connectivity index (χ1) is 22.3. The first kappa shape index (κ1) is 29.3. The van der Waals surface area contributed by atoms with Crippen molar-refractivity contribution >= 4 is 33.6 Å². The third kappa shape index (κ3) is 5.09. The van der Waals surface area contributed by atoms with Gasteiger partial charge in [-0.05, 0) is 74.9 Å². The summed E-state index contributed by atoms with van der Waals surface area (Å²) in [7, 11) is 0. The third-order valence-corrected chi connectivity index (χ3v) is 10.3. The van der Waals surface area contributed by atoms with Gasteiger partial charge in [-0.3, -0.25) is 9.88 Å². The molecule has 9 rings (SSSR count). The summed E-state index contributed by atoms with van der Waals surface area (Å²) in [4.78, 5) is 31.3. The fraction of sp³-hybridized carbons (Fsp3) is 0.486. The van der Waals surface area contributed by atoms with E-state index in [1.54, 1.807) is 18.0 Å². The van der Waals surface area contributed by atoms with Gasteiger partial charge in [-0.25, -0.2) is 13.6 Å². The monoisotopic (exact) mass is 628 g/mol. The number of pyridine rings is 1. The molecule has 3 saturated heterocycles. The molecule has 9 nitrogen and oxygen atoms in total. The van der Waals surface area contributed by atoms with Gasteiger partial charge in [-0.2, -0.15) is 9.97 Å². The lowest BCUT2D eigenvalue weighted by molar-refractivity contribution is 0.107. The van der Waals surface area contributed by atoms with Crippen molar-refractivity contribution in [3.63, 3.8) is 0 Å². The van der Waals surface area contributed by atoms with Crippen LogP contribution in [0.1, 0.15) is 51.0 Å². The standard InChI is InChI=1S/C35H38F2N6O3/c1-34-17-24(36)19-42(20-34)31-26-18-38-29(25-11-3-9-22-7-2-8-23(27(22)25)10-4-16-45-33(44)41-34)28(37)30(26)39-32(40-31)46-21-35-12-5-14-43(35)15-6-13-35/h2-3,7-9,11,18,24H,4-6,10,12-17,19-21H2,1H3,(H,41,44)/t24-,34-/m1/s1. The number of amides is 1. The summed E-state index contributed by atoms with van der Waals surface area (Å²) in [5.74, 6) is -0.246. The molecule has 3 fully saturated rings. The Labute approximate surface area is 266 Å². The first-order valence-electron chi connectivity index (χ1n) is 16.4. The molecule has 0 unspecified atom stereocenters. The predicted octanol–water partition coefficient (Wildman–Crippen LogP) is 5.97. The normalized spacial score (nSPS) is 24.6. The number of aromatic nitrogens is 3. The van der Waals surface area contributed by atoms with Crippen molar-refractivity contribution in [3.8, 4) is 17.3 Å². The maximum absolute atomic E-state index is 16.9. The topological polar surface area (TPSA) is 92.7 Å². The molecule has 2 atom stereocenters. The minimum Gasteiger partial charge on any atom is -0.461 e. The molecule has 1 N–H and O–H groups in total. The van der Waals surface area contributed by atoms with Crippen molar-refractivity contribution in [1.29, 1.82) is 0 Å². The van der Waals surface area contributed by atoms with E-state index < -0.39 is 23.6 Å². The van der Waals surface area contributed by atoms with Crippen LogP contribution in [0.2, 0.25) is 0 Å². The largest absolute Gasteiger partial charge is 0.461 e. The molecule has 5 aliphatic rings. The highest BCUT2D eigenvalue weighted by Gasteiger charge is 2.45. The molecule has 240 valence electrons. The molecule has 0 spiro atoms. The zero-order chi connectivity index (χ0) is 31.5. The van der Waals surface area contributed by atoms with Gasteiger partial charge < -0.3 is 19.7 Å². The Bertz CT molecular complexity index is 1820. The molecule has 0 aliphatic carbocycles. The van der Waals surface area contributed by atoms with Crippen LogP contribution < -0.4 is 15.0 Å². The van der Waals surface area contributed by atoms with E-state index in [1.165, 1.54) is 0 Å². The van der Waals surface area contributed by atoms with Gasteiger partial charge in [0.05, 0.1) is 29.6 Å². The minimum absolute atomic E-state index is 0.0195. The molecule has 46 heavy (non-hydrogen) atoms. The second-order valence-corrected chi connectivity index (χ2v) is 13.6. The van der Waals surface area contributed by atoms with Crippen LogP contribution in [0.5, 0.6) is 6.01 Å². The SMILES string of the molecule is C[C@@]12C[C@@H](F)CN(C1)c1nc(OCC34CCCN3CCC4)nc3c(F)c(ncc13)-c1cccc3cccc(c13)CCCOC(=O)N2. The average molecular weight is 629 g/mol. The molecular weight excluding hydrogens is 590 g/mol. The van der Waals surface area contributed by atoms with Crippen molar-refractivity contribution in [1.82, 2.24) is 25.2 Å². The van der Waals surface area contributed by atoms with Crippen molar-refractivity contribution in [2.75, 3.05) is 44.3 Å². The second kappa shape index (κ2) is 11.3. The van der Waals surface area contributed by atoms with Gasteiger partial charge >= 0.3 is 12.1 Å². The summed E-state index contributed by atoms with van der Waals surface area (Å²) >= 11 is 0. The molecule has 0 saturated carbocycles. The fourth-order valence-electron chi connectivity index (χ4n) is 8.30. The van der Waals surface area contributed by atoms with Crippen LogP contribution in [0, 0.1) is 5.82 Å². The molecular formula is C35H38F2N6O3. The summed E-state index contributed by atoms with van der Waals surface area (Å²) in [6.07, 6.45) is 5.30. The molecule has 5 aliphatic heterocycles. The van der Waals surface area contributed by atoms with Crippen LogP contribution in [0.25, 0.3) is 32.9 Å². The van der Waals surface area contributed by atoms with Gasteiger partial charge in [0, 0.05) is 24.7 Å². The quantitative estimate of drug-likeness (QED) is 0.297. The molecule has 7 heterocycles. The van der Waals surface area contributed by atoms with Gasteiger partial charge in [0.25, 0.3) is 0 Å². The zero-order valence-corrected chi connectivity index (χ0v) is 26.0. The number of nitrogens with zero attached hydrogens (tertiary/aromatic N) is 5. The summed E-state index contributed by atoms with van der Waals surface area (Å²) in [5.41, 5.74) is 0.888. The highest BCUT2D eigenvalue weighted by atomic mass is 19.1. The number of ether oxygens (including phenoxy) is 2. The van der Waals surface area contributed by atoms with Gasteiger partial charge in [0.2, 0.25) is 0 Å². The van der Waals surface area contributed by atoms with Gasteiger partial charge in [-0.1, -0.05) is 36.4 Å². The number of halogens is 2. The van der Waals surface area contributed by atoms with E-state index in [0.29, 0.717) is 36.2 Å². The summed E-state index contributed by atoms with van der Waals surface area (Å²) < 4.78 is 44.3. The lowest BCUT2D eigenvalue weighted by Gasteiger charge is -2.42. The first-order valence-corrected chi connectivity index (χ1v) is 16.4. The lowest BCUT2D eigenvalue weighted by atomic mass is 9.90. The summed E-state index contributed by atoms with van der Waals surface area (Å²) in [6, 6.07) is 11.8. The number of fused-ring (bicyclic) bond motifs is 7. The molecule has 11 heteroatoms. The van der Waals surface area contributed by atoms with Crippen molar-refractivity contribution in [3.05, 3.63) is 54.0 Å². The molecule has 0 radical (unpaired) electrons. The number of nitrogens with one attached hydrogen (secondary N) is 1. The van der Waals surface area contributed by atoms with E-state index in [0.717, 1.165) is 55.1 Å². The van der Waals surface area contributed by atoms with Crippen LogP contribution >= 0.6 is 0 Å². The Morgan fingerprint density at radius 3 is 2.74 bits per heavy atom. The molecule has 2 aromatic carbocycles. The number of benzene rings is 2. The minimum atomic E-state index is -1.27. The molecule has 6 bridgehead atoms. The van der Waals surface area contributed by atoms with Crippen LogP contribution in [0.3, 0.4) is 0 Å². The Morgan fingerprint density at radius 2 is 1.91 bits per heavy atom. The van der Waals surface area contributed by atoms with E-state index >= 15 is 8.78 Å². The smallest absolute Gasteiger partial charge is 0.407 e. The number of hydrogen-bond acceptors (Lipinski definition) is 8. The zero-order valence-electron chi connectivity index (χ0n) is 26.0. The number of hydrogen-bond donors (Lipinski definition) is 1. The molecule has 2 aromatic heterocycles. The number of alkyl carbamates (subject to hydrolysis) is 1. The number of rotatable bonds is 3. The average Bonchev–Trinajstić information content (AvgIpc) is 3.62. The maximum atomic E-state index is 16.9. The second-order valence-electron chi connectivity index (χ2n) is 13.6. The van der Waals surface area contributed by atoms with E-state index in [-0.39, 0.29) is 48.9 Å². The number of aryl methyl sites for hydroxylation is 1. The van der Waals surface area contributed by atoms with Crippen LogP contribution in [0.4, 0.5) is 19.4 Å².